The van der Waals surface area contributed by atoms with Crippen LogP contribution in [0.2, 0.25) is 0 Å². The second-order valence-corrected chi connectivity index (χ2v) is 8.17. The zero-order chi connectivity index (χ0) is 18.2. The van der Waals surface area contributed by atoms with E-state index in [4.69, 9.17) is 0 Å². The number of H-pyrrole nitrogens is 1. The normalized spacial score (nSPS) is 11.8. The van der Waals surface area contributed by atoms with Gasteiger partial charge in [0.15, 0.2) is 0 Å². The Labute approximate surface area is 152 Å². The maximum absolute atomic E-state index is 11.5. The molecular weight excluding hydrogens is 330 g/mol. The van der Waals surface area contributed by atoms with Crippen LogP contribution in [0.25, 0.3) is 22.2 Å². The Hall–Kier alpha value is -2.20. The lowest BCUT2D eigenvalue weighted by Crippen LogP contribution is -2.10. The summed E-state index contributed by atoms with van der Waals surface area (Å²) in [5.41, 5.74) is 4.97. The SMILES string of the molecule is CSc1ccc(-c2[nH]c3ccc(C(C)(C)C)cc3c2CC(=O)O)cc1. The standard InChI is InChI=1S/C21H23NO2S/c1-21(2,3)14-7-10-18-16(11-14)17(12-19(23)24)20(22-18)13-5-8-15(25-4)9-6-13/h5-11,22H,12H2,1-4H3,(H,23,24). The van der Waals surface area contributed by atoms with Crippen LogP contribution in [0.5, 0.6) is 0 Å². The molecule has 3 aromatic rings. The zero-order valence-corrected chi connectivity index (χ0v) is 15.8. The van der Waals surface area contributed by atoms with Gasteiger partial charge < -0.3 is 10.1 Å². The van der Waals surface area contributed by atoms with Gasteiger partial charge in [-0.2, -0.15) is 0 Å². The minimum Gasteiger partial charge on any atom is -0.481 e. The van der Waals surface area contributed by atoms with E-state index in [2.05, 4.69) is 56.1 Å². The van der Waals surface area contributed by atoms with Gasteiger partial charge >= 0.3 is 5.97 Å². The van der Waals surface area contributed by atoms with Crippen molar-refractivity contribution in [2.75, 3.05) is 6.26 Å². The van der Waals surface area contributed by atoms with Gasteiger partial charge in [-0.15, -0.1) is 11.8 Å². The van der Waals surface area contributed by atoms with E-state index in [1.54, 1.807) is 11.8 Å². The molecule has 1 aromatic heterocycles. The van der Waals surface area contributed by atoms with E-state index in [1.807, 2.05) is 18.4 Å². The third-order valence-electron chi connectivity index (χ3n) is 4.48. The summed E-state index contributed by atoms with van der Waals surface area (Å²) in [5.74, 6) is -0.816. The van der Waals surface area contributed by atoms with Crippen molar-refractivity contribution in [1.82, 2.24) is 4.98 Å². The van der Waals surface area contributed by atoms with Crippen molar-refractivity contribution in [1.29, 1.82) is 0 Å². The predicted molar refractivity (Wildman–Crippen MR) is 106 cm³/mol. The predicted octanol–water partition coefficient (Wildman–Crippen LogP) is 5.48. The second kappa shape index (κ2) is 6.60. The molecule has 3 nitrogen and oxygen atoms in total. The third-order valence-corrected chi connectivity index (χ3v) is 5.22. The number of aromatic nitrogens is 1. The molecule has 0 amide bonds. The number of thioether (sulfide) groups is 1. The molecule has 0 aliphatic heterocycles. The number of carboxylic acids is 1. The van der Waals surface area contributed by atoms with Gasteiger partial charge in [-0.3, -0.25) is 4.79 Å². The quantitative estimate of drug-likeness (QED) is 0.611. The molecule has 0 bridgehead atoms. The number of hydrogen-bond donors (Lipinski definition) is 2. The maximum atomic E-state index is 11.5. The first-order valence-corrected chi connectivity index (χ1v) is 9.53. The Morgan fingerprint density at radius 2 is 1.80 bits per heavy atom. The molecule has 130 valence electrons. The number of rotatable bonds is 4. The monoisotopic (exact) mass is 353 g/mol. The Morgan fingerprint density at radius 3 is 2.36 bits per heavy atom. The average Bonchev–Trinajstić information content (AvgIpc) is 2.91. The molecule has 0 saturated heterocycles. The smallest absolute Gasteiger partial charge is 0.307 e. The van der Waals surface area contributed by atoms with Crippen LogP contribution >= 0.6 is 11.8 Å². The van der Waals surface area contributed by atoms with Gasteiger partial charge in [-0.05, 0) is 52.6 Å². The number of nitrogens with one attached hydrogen (secondary N) is 1. The van der Waals surface area contributed by atoms with Crippen molar-refractivity contribution in [3.05, 3.63) is 53.6 Å². The van der Waals surface area contributed by atoms with Crippen molar-refractivity contribution >= 4 is 28.6 Å². The van der Waals surface area contributed by atoms with E-state index >= 15 is 0 Å². The summed E-state index contributed by atoms with van der Waals surface area (Å²) >= 11 is 1.69. The molecule has 0 fully saturated rings. The summed E-state index contributed by atoms with van der Waals surface area (Å²) in [6.45, 7) is 6.50. The fourth-order valence-corrected chi connectivity index (χ4v) is 3.46. The number of aliphatic carboxylic acids is 1. The molecule has 0 spiro atoms. The highest BCUT2D eigenvalue weighted by Crippen LogP contribution is 2.34. The summed E-state index contributed by atoms with van der Waals surface area (Å²) in [4.78, 5) is 16.1. The van der Waals surface area contributed by atoms with Crippen molar-refractivity contribution in [2.45, 2.75) is 37.5 Å². The van der Waals surface area contributed by atoms with E-state index < -0.39 is 5.97 Å². The van der Waals surface area contributed by atoms with Crippen LogP contribution in [0.15, 0.2) is 47.4 Å². The molecule has 0 aliphatic rings. The molecule has 2 N–H and O–H groups in total. The number of fused-ring (bicyclic) bond motifs is 1. The number of carboxylic acid groups (broad SMARTS) is 1. The zero-order valence-electron chi connectivity index (χ0n) is 15.0. The lowest BCUT2D eigenvalue weighted by atomic mass is 9.86. The van der Waals surface area contributed by atoms with Crippen molar-refractivity contribution < 1.29 is 9.90 Å². The van der Waals surface area contributed by atoms with E-state index in [1.165, 1.54) is 10.5 Å². The van der Waals surface area contributed by atoms with Crippen molar-refractivity contribution in [2.24, 2.45) is 0 Å². The molecule has 25 heavy (non-hydrogen) atoms. The lowest BCUT2D eigenvalue weighted by Gasteiger charge is -2.19. The molecule has 3 rings (SSSR count). The maximum Gasteiger partial charge on any atom is 0.307 e. The lowest BCUT2D eigenvalue weighted by molar-refractivity contribution is -0.136. The fourth-order valence-electron chi connectivity index (χ4n) is 3.05. The van der Waals surface area contributed by atoms with E-state index in [9.17, 15) is 9.90 Å². The average molecular weight is 353 g/mol. The van der Waals surface area contributed by atoms with E-state index in [0.717, 1.165) is 27.7 Å². The van der Waals surface area contributed by atoms with Gasteiger partial charge in [-0.1, -0.05) is 39.0 Å². The largest absolute Gasteiger partial charge is 0.481 e. The molecule has 4 heteroatoms. The minimum absolute atomic E-state index is 0.00715. The van der Waals surface area contributed by atoms with Crippen LogP contribution in [0.3, 0.4) is 0 Å². The Morgan fingerprint density at radius 1 is 1.12 bits per heavy atom. The molecule has 0 unspecified atom stereocenters. The highest BCUT2D eigenvalue weighted by atomic mass is 32.2. The summed E-state index contributed by atoms with van der Waals surface area (Å²) in [7, 11) is 0. The number of benzene rings is 2. The van der Waals surface area contributed by atoms with Gasteiger partial charge in [0.25, 0.3) is 0 Å². The first kappa shape index (κ1) is 17.6. The summed E-state index contributed by atoms with van der Waals surface area (Å²) < 4.78 is 0. The highest BCUT2D eigenvalue weighted by molar-refractivity contribution is 7.98. The van der Waals surface area contributed by atoms with Crippen LogP contribution in [0.1, 0.15) is 31.9 Å². The highest BCUT2D eigenvalue weighted by Gasteiger charge is 2.19. The van der Waals surface area contributed by atoms with Gasteiger partial charge in [-0.25, -0.2) is 0 Å². The second-order valence-electron chi connectivity index (χ2n) is 7.29. The Bertz CT molecular complexity index is 917. The summed E-state index contributed by atoms with van der Waals surface area (Å²) in [6.07, 6.45) is 2.05. The fraction of sp³-hybridized carbons (Fsp3) is 0.286. The first-order valence-electron chi connectivity index (χ1n) is 8.31. The molecule has 0 aliphatic carbocycles. The van der Waals surface area contributed by atoms with Crippen LogP contribution in [-0.2, 0) is 16.6 Å². The summed E-state index contributed by atoms with van der Waals surface area (Å²) in [6, 6.07) is 14.5. The Kier molecular flexibility index (Phi) is 4.65. The molecule has 0 radical (unpaired) electrons. The molecule has 2 aromatic carbocycles. The summed E-state index contributed by atoms with van der Waals surface area (Å²) in [5, 5.41) is 10.4. The van der Waals surface area contributed by atoms with Gasteiger partial charge in [0.1, 0.15) is 0 Å². The molecule has 0 atom stereocenters. The molecular formula is C21H23NO2S. The molecule has 1 heterocycles. The van der Waals surface area contributed by atoms with Crippen LogP contribution in [0, 0.1) is 0 Å². The van der Waals surface area contributed by atoms with Gasteiger partial charge in [0.2, 0.25) is 0 Å². The number of carbonyl (C=O) groups is 1. The van der Waals surface area contributed by atoms with E-state index in [0.29, 0.717) is 0 Å². The van der Waals surface area contributed by atoms with Gasteiger partial charge in [0, 0.05) is 15.8 Å². The first-order chi connectivity index (χ1) is 11.8. The van der Waals surface area contributed by atoms with Crippen LogP contribution < -0.4 is 0 Å². The molecule has 0 saturated carbocycles. The minimum atomic E-state index is -0.816. The van der Waals surface area contributed by atoms with E-state index in [-0.39, 0.29) is 11.8 Å². The van der Waals surface area contributed by atoms with Crippen molar-refractivity contribution in [3.8, 4) is 11.3 Å². The van der Waals surface area contributed by atoms with Crippen LogP contribution in [-0.4, -0.2) is 22.3 Å². The third kappa shape index (κ3) is 3.59. The van der Waals surface area contributed by atoms with Gasteiger partial charge in [0.05, 0.1) is 12.1 Å². The van der Waals surface area contributed by atoms with Crippen LogP contribution in [0.4, 0.5) is 0 Å². The topological polar surface area (TPSA) is 53.1 Å². The van der Waals surface area contributed by atoms with Crippen molar-refractivity contribution in [3.63, 3.8) is 0 Å². The number of hydrogen-bond acceptors (Lipinski definition) is 2. The number of aromatic amines is 1. The Balaban J connectivity index is 2.21.